The highest BCUT2D eigenvalue weighted by molar-refractivity contribution is 8.01. The molecule has 1 aromatic heterocycles. The number of thioether (sulfide) groups is 1. The highest BCUT2D eigenvalue weighted by atomic mass is 35.5. The topological polar surface area (TPSA) is 96.3 Å². The van der Waals surface area contributed by atoms with Gasteiger partial charge in [-0.1, -0.05) is 35.5 Å². The van der Waals surface area contributed by atoms with Crippen LogP contribution in [0.5, 0.6) is 0 Å². The van der Waals surface area contributed by atoms with Gasteiger partial charge in [0, 0.05) is 28.0 Å². The highest BCUT2D eigenvalue weighted by Crippen LogP contribution is 2.54. The van der Waals surface area contributed by atoms with Crippen LogP contribution in [-0.2, 0) is 9.59 Å². The van der Waals surface area contributed by atoms with E-state index >= 15 is 0 Å². The van der Waals surface area contributed by atoms with Crippen molar-refractivity contribution >= 4 is 70.1 Å². The molecule has 156 valence electrons. The Hall–Kier alpha value is -2.53. The van der Waals surface area contributed by atoms with E-state index in [1.807, 2.05) is 12.1 Å². The van der Waals surface area contributed by atoms with Crippen molar-refractivity contribution in [2.24, 2.45) is 5.92 Å². The van der Waals surface area contributed by atoms with Gasteiger partial charge in [0.05, 0.1) is 21.6 Å². The van der Waals surface area contributed by atoms with Crippen LogP contribution in [0.3, 0.4) is 0 Å². The molecule has 2 aliphatic rings. The Kier molecular flexibility index (Phi) is 4.97. The average molecular weight is 490 g/mol. The predicted octanol–water partition coefficient (Wildman–Crippen LogP) is 5.16. The SMILES string of the molecule is O=C1C2Sc3[nH]c(=S)sc3C(c3ccc(Cl)cc3)C2C(=O)N1c1ccc([N+](=O)[O-])cc1. The van der Waals surface area contributed by atoms with Gasteiger partial charge in [0.25, 0.3) is 5.69 Å². The molecular formula is C20H12ClN3O4S3. The molecule has 3 heterocycles. The Labute approximate surface area is 194 Å². The number of carbonyl (C=O) groups excluding carboxylic acids is 2. The number of nitrogens with zero attached hydrogens (tertiary/aromatic N) is 2. The maximum absolute atomic E-state index is 13.5. The summed E-state index contributed by atoms with van der Waals surface area (Å²) in [6, 6.07) is 12.7. The largest absolute Gasteiger partial charge is 0.332 e. The second-order valence-corrected chi connectivity index (χ2v) is 10.4. The number of amides is 2. The number of anilines is 1. The molecular weight excluding hydrogens is 478 g/mol. The van der Waals surface area contributed by atoms with Crippen LogP contribution in [0.4, 0.5) is 11.4 Å². The van der Waals surface area contributed by atoms with E-state index in [1.165, 1.54) is 47.4 Å². The smallest absolute Gasteiger partial charge is 0.269 e. The number of halogens is 1. The maximum atomic E-state index is 13.5. The van der Waals surface area contributed by atoms with Crippen LogP contribution in [0.15, 0.2) is 53.6 Å². The predicted molar refractivity (Wildman–Crippen MR) is 122 cm³/mol. The Balaban J connectivity index is 1.60. The molecule has 0 aliphatic carbocycles. The van der Waals surface area contributed by atoms with Crippen LogP contribution < -0.4 is 4.90 Å². The molecule has 1 saturated heterocycles. The lowest BCUT2D eigenvalue weighted by molar-refractivity contribution is -0.384. The van der Waals surface area contributed by atoms with Gasteiger partial charge in [-0.2, -0.15) is 0 Å². The van der Waals surface area contributed by atoms with Crippen molar-refractivity contribution in [3.63, 3.8) is 0 Å². The number of nitro groups is 1. The number of non-ortho nitro benzene ring substituents is 1. The molecule has 1 N–H and O–H groups in total. The Morgan fingerprint density at radius 3 is 2.39 bits per heavy atom. The Morgan fingerprint density at radius 1 is 1.06 bits per heavy atom. The average Bonchev–Trinajstić information content (AvgIpc) is 3.23. The first-order valence-electron chi connectivity index (χ1n) is 9.12. The van der Waals surface area contributed by atoms with Crippen LogP contribution in [0, 0.1) is 20.0 Å². The summed E-state index contributed by atoms with van der Waals surface area (Å²) in [6.45, 7) is 0. The van der Waals surface area contributed by atoms with Gasteiger partial charge in [0.1, 0.15) is 5.25 Å². The monoisotopic (exact) mass is 489 g/mol. The molecule has 2 amide bonds. The summed E-state index contributed by atoms with van der Waals surface area (Å²) in [5, 5.41) is 11.7. The van der Waals surface area contributed by atoms with Crippen molar-refractivity contribution in [3.8, 4) is 0 Å². The summed E-state index contributed by atoms with van der Waals surface area (Å²) < 4.78 is 0.587. The van der Waals surface area contributed by atoms with Crippen molar-refractivity contribution in [1.82, 2.24) is 4.98 Å². The van der Waals surface area contributed by atoms with Gasteiger partial charge < -0.3 is 4.98 Å². The molecule has 0 bridgehead atoms. The first-order valence-corrected chi connectivity index (χ1v) is 11.6. The lowest BCUT2D eigenvalue weighted by atomic mass is 9.83. The summed E-state index contributed by atoms with van der Waals surface area (Å²) in [5.74, 6) is -1.65. The molecule has 0 radical (unpaired) electrons. The van der Waals surface area contributed by atoms with E-state index in [-0.39, 0.29) is 23.4 Å². The van der Waals surface area contributed by atoms with Gasteiger partial charge in [-0.3, -0.25) is 19.7 Å². The number of hydrogen-bond donors (Lipinski definition) is 1. The third-order valence-corrected chi connectivity index (χ3v) is 8.38. The van der Waals surface area contributed by atoms with Crippen molar-refractivity contribution in [2.75, 3.05) is 4.90 Å². The van der Waals surface area contributed by atoms with E-state index in [2.05, 4.69) is 4.98 Å². The lowest BCUT2D eigenvalue weighted by Crippen LogP contribution is -2.32. The molecule has 7 nitrogen and oxygen atoms in total. The molecule has 0 spiro atoms. The van der Waals surface area contributed by atoms with Gasteiger partial charge in [-0.05, 0) is 42.0 Å². The number of hydrogen-bond acceptors (Lipinski definition) is 7. The van der Waals surface area contributed by atoms with Gasteiger partial charge in [0.2, 0.25) is 11.8 Å². The van der Waals surface area contributed by atoms with E-state index < -0.39 is 16.1 Å². The summed E-state index contributed by atoms with van der Waals surface area (Å²) in [5.41, 5.74) is 1.09. The van der Waals surface area contributed by atoms with Crippen LogP contribution in [0.1, 0.15) is 16.4 Å². The van der Waals surface area contributed by atoms with Crippen LogP contribution in [0.25, 0.3) is 0 Å². The fraction of sp³-hybridized carbons (Fsp3) is 0.150. The van der Waals surface area contributed by atoms with Gasteiger partial charge in [0.15, 0.2) is 3.95 Å². The van der Waals surface area contributed by atoms with E-state index in [0.29, 0.717) is 14.7 Å². The van der Waals surface area contributed by atoms with Crippen molar-refractivity contribution in [3.05, 3.63) is 78.1 Å². The quantitative estimate of drug-likeness (QED) is 0.236. The summed E-state index contributed by atoms with van der Waals surface area (Å²) in [7, 11) is 0. The highest BCUT2D eigenvalue weighted by Gasteiger charge is 2.56. The zero-order chi connectivity index (χ0) is 21.9. The number of imide groups is 1. The van der Waals surface area contributed by atoms with Gasteiger partial charge >= 0.3 is 0 Å². The van der Waals surface area contributed by atoms with Crippen LogP contribution in [0.2, 0.25) is 5.02 Å². The second kappa shape index (κ2) is 7.56. The van der Waals surface area contributed by atoms with Crippen molar-refractivity contribution in [2.45, 2.75) is 16.2 Å². The summed E-state index contributed by atoms with van der Waals surface area (Å²) in [4.78, 5) is 42.5. The molecule has 31 heavy (non-hydrogen) atoms. The fourth-order valence-electron chi connectivity index (χ4n) is 4.02. The number of fused-ring (bicyclic) bond motifs is 2. The molecule has 3 aromatic rings. The van der Waals surface area contributed by atoms with E-state index in [9.17, 15) is 19.7 Å². The third kappa shape index (κ3) is 3.30. The number of nitrogens with one attached hydrogen (secondary N) is 1. The number of H-pyrrole nitrogens is 1. The van der Waals surface area contributed by atoms with Gasteiger partial charge in [-0.15, -0.1) is 11.3 Å². The minimum absolute atomic E-state index is 0.108. The van der Waals surface area contributed by atoms with Crippen LogP contribution >= 0.6 is 46.9 Å². The van der Waals surface area contributed by atoms with Crippen molar-refractivity contribution < 1.29 is 14.5 Å². The number of aromatic nitrogens is 1. The molecule has 2 aromatic carbocycles. The molecule has 11 heteroatoms. The van der Waals surface area contributed by atoms with E-state index in [0.717, 1.165) is 20.4 Å². The molecule has 3 atom stereocenters. The maximum Gasteiger partial charge on any atom is 0.269 e. The second-order valence-electron chi connectivity index (χ2n) is 7.09. The van der Waals surface area contributed by atoms with E-state index in [1.54, 1.807) is 12.1 Å². The van der Waals surface area contributed by atoms with Crippen molar-refractivity contribution in [1.29, 1.82) is 0 Å². The Bertz CT molecular complexity index is 1290. The first-order chi connectivity index (χ1) is 14.8. The lowest BCUT2D eigenvalue weighted by Gasteiger charge is -2.29. The number of benzene rings is 2. The van der Waals surface area contributed by atoms with E-state index in [4.69, 9.17) is 23.8 Å². The molecule has 0 saturated carbocycles. The molecule has 2 aliphatic heterocycles. The fourth-order valence-corrected chi connectivity index (χ4v) is 7.11. The molecule has 5 rings (SSSR count). The summed E-state index contributed by atoms with van der Waals surface area (Å²) >= 11 is 14.1. The zero-order valence-electron chi connectivity index (χ0n) is 15.5. The summed E-state index contributed by atoms with van der Waals surface area (Å²) in [6.07, 6.45) is 0. The number of rotatable bonds is 3. The first kappa shape index (κ1) is 20.4. The number of thiazole rings is 1. The zero-order valence-corrected chi connectivity index (χ0v) is 18.7. The standard InChI is InChI=1S/C20H12ClN3O4S3/c21-10-3-1-9(2-4-10)13-14-16(30-17-15(13)31-20(29)22-17)19(26)23(18(14)25)11-5-7-12(8-6-11)24(27)28/h1-8,13-14,16H,(H,22,29). The minimum Gasteiger partial charge on any atom is -0.332 e. The van der Waals surface area contributed by atoms with Crippen LogP contribution in [-0.4, -0.2) is 27.0 Å². The number of aromatic amines is 1. The Morgan fingerprint density at radius 2 is 1.74 bits per heavy atom. The van der Waals surface area contributed by atoms with Gasteiger partial charge in [-0.25, -0.2) is 4.90 Å². The number of nitro benzene ring substituents is 1. The number of carbonyl (C=O) groups is 2. The molecule has 3 unspecified atom stereocenters. The minimum atomic E-state index is -0.629. The molecule has 1 fully saturated rings. The third-order valence-electron chi connectivity index (χ3n) is 5.37. The normalized spacial score (nSPS) is 22.4.